The predicted octanol–water partition coefficient (Wildman–Crippen LogP) is 2.19. The monoisotopic (exact) mass is 344 g/mol. The fourth-order valence-electron chi connectivity index (χ4n) is 2.28. The van der Waals surface area contributed by atoms with E-state index in [1.165, 1.54) is 12.1 Å². The smallest absolute Gasteiger partial charge is 0.326 e. The van der Waals surface area contributed by atoms with E-state index >= 15 is 0 Å². The van der Waals surface area contributed by atoms with Gasteiger partial charge in [0.15, 0.2) is 11.6 Å². The van der Waals surface area contributed by atoms with E-state index in [0.717, 1.165) is 12.1 Å². The Morgan fingerprint density at radius 2 is 1.88 bits per heavy atom. The molecule has 2 aromatic carbocycles. The van der Waals surface area contributed by atoms with E-state index in [2.05, 4.69) is 5.32 Å². The van der Waals surface area contributed by atoms with Crippen LogP contribution in [-0.4, -0.2) is 23.0 Å². The Labute approximate surface area is 142 Å². The van der Waals surface area contributed by atoms with Crippen LogP contribution in [-0.2, 0) is 22.4 Å². The van der Waals surface area contributed by atoms with Crippen molar-refractivity contribution in [3.05, 3.63) is 70.8 Å². The maximum Gasteiger partial charge on any atom is 0.326 e. The van der Waals surface area contributed by atoms with Crippen LogP contribution in [0.4, 0.5) is 8.78 Å². The number of rotatable bonds is 6. The summed E-state index contributed by atoms with van der Waals surface area (Å²) in [5.41, 5.74) is 1.20. The van der Waals surface area contributed by atoms with Crippen LogP contribution >= 0.6 is 0 Å². The third-order valence-electron chi connectivity index (χ3n) is 3.48. The van der Waals surface area contributed by atoms with Crippen molar-refractivity contribution in [2.45, 2.75) is 18.9 Å². The highest BCUT2D eigenvalue weighted by Gasteiger charge is 2.21. The van der Waals surface area contributed by atoms with Gasteiger partial charge in [0.1, 0.15) is 6.04 Å². The Hall–Kier alpha value is -3.27. The fourth-order valence-corrected chi connectivity index (χ4v) is 2.28. The average Bonchev–Trinajstić information content (AvgIpc) is 2.57. The Balaban J connectivity index is 2.05. The number of carbonyl (C=O) groups excluding carboxylic acids is 1. The van der Waals surface area contributed by atoms with Gasteiger partial charge < -0.3 is 10.4 Å². The highest BCUT2D eigenvalue weighted by atomic mass is 19.2. The van der Waals surface area contributed by atoms with Gasteiger partial charge in [0.2, 0.25) is 5.91 Å². The van der Waals surface area contributed by atoms with Crippen LogP contribution in [0.25, 0.3) is 0 Å². The van der Waals surface area contributed by atoms with Crippen molar-refractivity contribution >= 4 is 11.9 Å². The topological polar surface area (TPSA) is 90.2 Å². The average molecular weight is 344 g/mol. The van der Waals surface area contributed by atoms with Gasteiger partial charge in [0.25, 0.3) is 0 Å². The third-order valence-corrected chi connectivity index (χ3v) is 3.48. The van der Waals surface area contributed by atoms with Crippen LogP contribution in [0.3, 0.4) is 0 Å². The SMILES string of the molecule is N#Cc1cccc(C[C@@H](NC(=O)Cc2ccc(F)c(F)c2)C(=O)O)c1. The van der Waals surface area contributed by atoms with Crippen LogP contribution in [0.2, 0.25) is 0 Å². The van der Waals surface area contributed by atoms with E-state index in [1.54, 1.807) is 18.2 Å². The zero-order valence-corrected chi connectivity index (χ0v) is 13.0. The number of hydrogen-bond acceptors (Lipinski definition) is 3. The second-order valence-corrected chi connectivity index (χ2v) is 5.40. The van der Waals surface area contributed by atoms with Crippen molar-refractivity contribution in [1.29, 1.82) is 5.26 Å². The maximum atomic E-state index is 13.2. The highest BCUT2D eigenvalue weighted by Crippen LogP contribution is 2.10. The molecule has 25 heavy (non-hydrogen) atoms. The maximum absolute atomic E-state index is 13.2. The Kier molecular flexibility index (Phi) is 5.79. The molecular weight excluding hydrogens is 330 g/mol. The van der Waals surface area contributed by atoms with E-state index in [0.29, 0.717) is 11.1 Å². The van der Waals surface area contributed by atoms with E-state index in [1.807, 2.05) is 6.07 Å². The molecule has 1 amide bonds. The van der Waals surface area contributed by atoms with Crippen molar-refractivity contribution in [3.63, 3.8) is 0 Å². The molecule has 7 heteroatoms. The van der Waals surface area contributed by atoms with Crippen LogP contribution in [0.15, 0.2) is 42.5 Å². The normalized spacial score (nSPS) is 11.4. The minimum atomic E-state index is -1.24. The lowest BCUT2D eigenvalue weighted by Gasteiger charge is -2.15. The molecule has 0 fully saturated rings. The molecule has 1 atom stereocenters. The van der Waals surface area contributed by atoms with Gasteiger partial charge in [-0.15, -0.1) is 0 Å². The molecule has 128 valence electrons. The second kappa shape index (κ2) is 8.02. The first kappa shape index (κ1) is 18.1. The van der Waals surface area contributed by atoms with Crippen molar-refractivity contribution in [1.82, 2.24) is 5.32 Å². The number of benzene rings is 2. The molecule has 0 saturated carbocycles. The lowest BCUT2D eigenvalue weighted by atomic mass is 10.0. The summed E-state index contributed by atoms with van der Waals surface area (Å²) in [4.78, 5) is 23.3. The molecule has 2 rings (SSSR count). The molecule has 2 N–H and O–H groups in total. The summed E-state index contributed by atoms with van der Waals surface area (Å²) in [6.45, 7) is 0. The summed E-state index contributed by atoms with van der Waals surface area (Å²) in [5, 5.41) is 20.5. The Morgan fingerprint density at radius 1 is 1.12 bits per heavy atom. The summed E-state index contributed by atoms with van der Waals surface area (Å²) in [7, 11) is 0. The first-order valence-electron chi connectivity index (χ1n) is 7.34. The minimum absolute atomic E-state index is 0.00558. The number of halogens is 2. The summed E-state index contributed by atoms with van der Waals surface area (Å²) < 4.78 is 26.0. The van der Waals surface area contributed by atoms with Crippen LogP contribution < -0.4 is 5.32 Å². The summed E-state index contributed by atoms with van der Waals surface area (Å²) in [5.74, 6) is -3.96. The van der Waals surface area contributed by atoms with Gasteiger partial charge in [0, 0.05) is 6.42 Å². The lowest BCUT2D eigenvalue weighted by molar-refractivity contribution is -0.141. The van der Waals surface area contributed by atoms with Crippen LogP contribution in [0, 0.1) is 23.0 Å². The van der Waals surface area contributed by atoms with E-state index in [4.69, 9.17) is 5.26 Å². The highest BCUT2D eigenvalue weighted by molar-refractivity contribution is 5.85. The first-order valence-corrected chi connectivity index (χ1v) is 7.34. The van der Waals surface area contributed by atoms with Crippen molar-refractivity contribution < 1.29 is 23.5 Å². The molecule has 0 radical (unpaired) electrons. The number of carbonyl (C=O) groups is 2. The number of carboxylic acids is 1. The predicted molar refractivity (Wildman–Crippen MR) is 84.5 cm³/mol. The van der Waals surface area contributed by atoms with Gasteiger partial charge in [-0.1, -0.05) is 18.2 Å². The number of hydrogen-bond donors (Lipinski definition) is 2. The molecule has 0 saturated heterocycles. The molecule has 2 aromatic rings. The van der Waals surface area contributed by atoms with E-state index in [-0.39, 0.29) is 18.4 Å². The van der Waals surface area contributed by atoms with Gasteiger partial charge >= 0.3 is 5.97 Å². The zero-order valence-electron chi connectivity index (χ0n) is 13.0. The van der Waals surface area contributed by atoms with E-state index < -0.39 is 29.6 Å². The summed E-state index contributed by atoms with van der Waals surface area (Å²) in [6.07, 6.45) is -0.284. The molecule has 0 heterocycles. The van der Waals surface area contributed by atoms with Crippen LogP contribution in [0.5, 0.6) is 0 Å². The summed E-state index contributed by atoms with van der Waals surface area (Å²) in [6, 6.07) is 10.2. The van der Waals surface area contributed by atoms with Crippen molar-refractivity contribution in [3.8, 4) is 6.07 Å². The molecule has 0 aliphatic rings. The molecule has 0 aliphatic carbocycles. The third kappa shape index (κ3) is 5.11. The number of carboxylic acid groups (broad SMARTS) is 1. The van der Waals surface area contributed by atoms with E-state index in [9.17, 15) is 23.5 Å². The number of nitriles is 1. The lowest BCUT2D eigenvalue weighted by Crippen LogP contribution is -2.43. The molecule has 0 aromatic heterocycles. The molecule has 0 unspecified atom stereocenters. The van der Waals surface area contributed by atoms with Crippen molar-refractivity contribution in [2.75, 3.05) is 0 Å². The quantitative estimate of drug-likeness (QED) is 0.840. The van der Waals surface area contributed by atoms with Crippen LogP contribution in [0.1, 0.15) is 16.7 Å². The second-order valence-electron chi connectivity index (χ2n) is 5.40. The largest absolute Gasteiger partial charge is 0.480 e. The fraction of sp³-hybridized carbons (Fsp3) is 0.167. The van der Waals surface area contributed by atoms with Gasteiger partial charge in [0.05, 0.1) is 18.1 Å². The first-order chi connectivity index (χ1) is 11.9. The molecule has 0 bridgehead atoms. The van der Waals surface area contributed by atoms with Gasteiger partial charge in [-0.25, -0.2) is 13.6 Å². The molecule has 0 aliphatic heterocycles. The molecule has 0 spiro atoms. The number of nitrogens with zero attached hydrogens (tertiary/aromatic N) is 1. The molecule has 5 nitrogen and oxygen atoms in total. The van der Waals surface area contributed by atoms with Gasteiger partial charge in [-0.3, -0.25) is 4.79 Å². The standard InChI is InChI=1S/C18H14F2N2O3/c19-14-5-4-12(7-15(14)20)9-17(23)22-16(18(24)25)8-11-2-1-3-13(6-11)10-21/h1-7,16H,8-9H2,(H,22,23)(H,24,25)/t16-/m1/s1. The van der Waals surface area contributed by atoms with Gasteiger partial charge in [-0.2, -0.15) is 5.26 Å². The van der Waals surface area contributed by atoms with Gasteiger partial charge in [-0.05, 0) is 35.4 Å². The number of nitrogens with one attached hydrogen (secondary N) is 1. The summed E-state index contributed by atoms with van der Waals surface area (Å²) >= 11 is 0. The number of amides is 1. The minimum Gasteiger partial charge on any atom is -0.480 e. The Morgan fingerprint density at radius 3 is 2.52 bits per heavy atom. The van der Waals surface area contributed by atoms with Crippen molar-refractivity contribution in [2.24, 2.45) is 0 Å². The molecular formula is C18H14F2N2O3. The Bertz CT molecular complexity index is 846. The zero-order chi connectivity index (χ0) is 18.4. The number of aliphatic carboxylic acids is 1.